The smallest absolute Gasteiger partial charge is 0.311 e. The normalized spacial score (nSPS) is 12.9. The summed E-state index contributed by atoms with van der Waals surface area (Å²) in [5.74, 6) is -0.503. The van der Waals surface area contributed by atoms with E-state index in [1.165, 1.54) is 89.9 Å². The zero-order chi connectivity index (χ0) is 37.2. The monoisotopic (exact) mass is 706 g/mol. The molecular formula is C44H71N3O4. The number of ether oxygens (including phenoxy) is 2. The summed E-state index contributed by atoms with van der Waals surface area (Å²) >= 11 is 0. The lowest BCUT2D eigenvalue weighted by Gasteiger charge is -2.34. The summed E-state index contributed by atoms with van der Waals surface area (Å²) in [4.78, 5) is 28.6. The van der Waals surface area contributed by atoms with Gasteiger partial charge in [-0.05, 0) is 83.4 Å². The Labute approximate surface area is 311 Å². The maximum absolute atomic E-state index is 13.2. The van der Waals surface area contributed by atoms with Crippen LogP contribution in [-0.2, 0) is 19.1 Å². The average Bonchev–Trinajstić information content (AvgIpc) is 3.14. The highest BCUT2D eigenvalue weighted by Gasteiger charge is 2.43. The van der Waals surface area contributed by atoms with E-state index < -0.39 is 10.8 Å². The number of rotatable bonds is 29. The van der Waals surface area contributed by atoms with Crippen molar-refractivity contribution in [3.05, 3.63) is 54.6 Å². The van der Waals surface area contributed by atoms with Gasteiger partial charge in [-0.25, -0.2) is 0 Å². The quantitative estimate of drug-likeness (QED) is 0.0478. The summed E-state index contributed by atoms with van der Waals surface area (Å²) in [6.45, 7) is 14.0. The highest BCUT2D eigenvalue weighted by atomic mass is 16.5. The molecule has 0 aliphatic heterocycles. The van der Waals surface area contributed by atoms with Gasteiger partial charge in [-0.1, -0.05) is 128 Å². The van der Waals surface area contributed by atoms with E-state index in [4.69, 9.17) is 9.47 Å². The minimum absolute atomic E-state index is 0.212. The van der Waals surface area contributed by atoms with E-state index in [9.17, 15) is 9.59 Å². The van der Waals surface area contributed by atoms with Crippen LogP contribution >= 0.6 is 0 Å². The summed E-state index contributed by atoms with van der Waals surface area (Å²) < 4.78 is 11.5. The Bertz CT molecular complexity index is 1230. The van der Waals surface area contributed by atoms with Crippen molar-refractivity contribution in [2.75, 3.05) is 31.2 Å². The zero-order valence-electron chi connectivity index (χ0n) is 33.2. The molecule has 2 aromatic carbocycles. The molecule has 1 atom stereocenters. The van der Waals surface area contributed by atoms with Crippen LogP contribution in [0.4, 0.5) is 17.1 Å². The molecule has 0 spiro atoms. The lowest BCUT2D eigenvalue weighted by Crippen LogP contribution is -2.39. The van der Waals surface area contributed by atoms with Crippen molar-refractivity contribution >= 4 is 29.0 Å². The molecule has 0 fully saturated rings. The lowest BCUT2D eigenvalue weighted by atomic mass is 9.72. The number of likely N-dealkylation sites (N-methyl/N-ethyl adjacent to an activating group) is 1. The molecule has 0 N–H and O–H groups in total. The molecule has 0 aliphatic carbocycles. The number of carbonyl (C=O) groups excluding carboxylic acids is 2. The molecule has 0 bridgehead atoms. The molecule has 0 amide bonds. The van der Waals surface area contributed by atoms with Gasteiger partial charge in [-0.15, -0.1) is 0 Å². The molecule has 2 aromatic rings. The van der Waals surface area contributed by atoms with E-state index >= 15 is 0 Å². The van der Waals surface area contributed by atoms with Crippen LogP contribution in [0, 0.1) is 10.8 Å². The molecule has 286 valence electrons. The third-order valence-corrected chi connectivity index (χ3v) is 10.1. The van der Waals surface area contributed by atoms with E-state index in [1.54, 1.807) is 0 Å². The number of esters is 2. The first-order valence-corrected chi connectivity index (χ1v) is 20.3. The zero-order valence-corrected chi connectivity index (χ0v) is 33.2. The number of hydrogen-bond donors (Lipinski definition) is 0. The fourth-order valence-electron chi connectivity index (χ4n) is 6.63. The van der Waals surface area contributed by atoms with Gasteiger partial charge in [0, 0.05) is 12.2 Å². The lowest BCUT2D eigenvalue weighted by molar-refractivity contribution is -0.163. The van der Waals surface area contributed by atoms with Crippen molar-refractivity contribution in [3.63, 3.8) is 0 Å². The minimum Gasteiger partial charge on any atom is -0.465 e. The van der Waals surface area contributed by atoms with Gasteiger partial charge in [-0.2, -0.15) is 10.2 Å². The Morgan fingerprint density at radius 2 is 1.06 bits per heavy atom. The van der Waals surface area contributed by atoms with Gasteiger partial charge in [0.05, 0.1) is 35.4 Å². The van der Waals surface area contributed by atoms with Crippen molar-refractivity contribution in [1.29, 1.82) is 0 Å². The van der Waals surface area contributed by atoms with E-state index in [-0.39, 0.29) is 18.5 Å². The van der Waals surface area contributed by atoms with Gasteiger partial charge in [0.2, 0.25) is 0 Å². The molecule has 2 rings (SSSR count). The Hall–Kier alpha value is -3.22. The highest BCUT2D eigenvalue weighted by molar-refractivity contribution is 5.80. The second-order valence-corrected chi connectivity index (χ2v) is 15.2. The van der Waals surface area contributed by atoms with Crippen LogP contribution in [0.5, 0.6) is 0 Å². The molecule has 1 unspecified atom stereocenters. The second-order valence-electron chi connectivity index (χ2n) is 15.2. The number of unbranched alkanes of at least 4 members (excludes halogenated alkanes) is 15. The molecule has 0 saturated carbocycles. The fourth-order valence-corrected chi connectivity index (χ4v) is 6.63. The second kappa shape index (κ2) is 25.7. The van der Waals surface area contributed by atoms with Crippen molar-refractivity contribution in [2.45, 2.75) is 157 Å². The molecule has 7 heteroatoms. The molecule has 0 aromatic heterocycles. The van der Waals surface area contributed by atoms with Crippen molar-refractivity contribution in [1.82, 2.24) is 0 Å². The summed E-state index contributed by atoms with van der Waals surface area (Å²) in [5.41, 5.74) is 1.04. The van der Waals surface area contributed by atoms with Crippen molar-refractivity contribution in [3.8, 4) is 0 Å². The predicted octanol–water partition coefficient (Wildman–Crippen LogP) is 13.1. The first-order valence-electron chi connectivity index (χ1n) is 20.3. The van der Waals surface area contributed by atoms with Gasteiger partial charge in [0.25, 0.3) is 0 Å². The van der Waals surface area contributed by atoms with Crippen LogP contribution in [0.15, 0.2) is 64.8 Å². The third kappa shape index (κ3) is 18.2. The van der Waals surface area contributed by atoms with E-state index in [0.717, 1.165) is 36.4 Å². The summed E-state index contributed by atoms with van der Waals surface area (Å²) in [7, 11) is 0. The van der Waals surface area contributed by atoms with Crippen LogP contribution in [0.25, 0.3) is 0 Å². The van der Waals surface area contributed by atoms with Crippen molar-refractivity contribution < 1.29 is 19.1 Å². The van der Waals surface area contributed by atoms with Crippen LogP contribution in [-0.4, -0.2) is 38.2 Å². The van der Waals surface area contributed by atoms with Gasteiger partial charge < -0.3 is 14.4 Å². The van der Waals surface area contributed by atoms with Crippen molar-refractivity contribution in [2.24, 2.45) is 21.1 Å². The number of azo groups is 1. The molecule has 51 heavy (non-hydrogen) atoms. The van der Waals surface area contributed by atoms with Gasteiger partial charge in [0.15, 0.2) is 0 Å². The van der Waals surface area contributed by atoms with E-state index in [1.807, 2.05) is 82.3 Å². The van der Waals surface area contributed by atoms with Gasteiger partial charge in [-0.3, -0.25) is 9.59 Å². The van der Waals surface area contributed by atoms with Crippen LogP contribution in [0.2, 0.25) is 0 Å². The standard InChI is InChI=1S/C44H71N3O4/c1-7-10-11-12-13-14-15-16-17-18-19-20-21-22-23-27-35-50-42(49)44(6,8-2)37-43(4,5)41(48)51-36-34-47(9-3)40-32-30-39(31-33-40)46-45-38-28-25-24-26-29-38/h24-26,28-33H,7-23,27,34-37H2,1-6H3. The maximum Gasteiger partial charge on any atom is 0.311 e. The largest absolute Gasteiger partial charge is 0.465 e. The number of anilines is 1. The number of benzene rings is 2. The first kappa shape index (κ1) is 43.9. The molecule has 0 radical (unpaired) electrons. The Balaban J connectivity index is 1.62. The van der Waals surface area contributed by atoms with Crippen LogP contribution in [0.1, 0.15) is 157 Å². The average molecular weight is 706 g/mol. The Morgan fingerprint density at radius 1 is 0.588 bits per heavy atom. The molecule has 0 saturated heterocycles. The first-order chi connectivity index (χ1) is 24.6. The predicted molar refractivity (Wildman–Crippen MR) is 213 cm³/mol. The van der Waals surface area contributed by atoms with Gasteiger partial charge >= 0.3 is 11.9 Å². The minimum atomic E-state index is -0.819. The Kier molecular flexibility index (Phi) is 22.1. The topological polar surface area (TPSA) is 80.6 Å². The third-order valence-electron chi connectivity index (χ3n) is 10.1. The molecule has 0 heterocycles. The van der Waals surface area contributed by atoms with E-state index in [2.05, 4.69) is 29.0 Å². The Morgan fingerprint density at radius 3 is 1.55 bits per heavy atom. The molecular weight excluding hydrogens is 635 g/mol. The highest BCUT2D eigenvalue weighted by Crippen LogP contribution is 2.38. The summed E-state index contributed by atoms with van der Waals surface area (Å²) in [6, 6.07) is 17.5. The number of hydrogen-bond acceptors (Lipinski definition) is 7. The number of carbonyl (C=O) groups is 2. The molecule has 7 nitrogen and oxygen atoms in total. The SMILES string of the molecule is CCCCCCCCCCCCCCCCCCOC(=O)C(C)(CC)CC(C)(C)C(=O)OCCN(CC)c1ccc(N=Nc2ccccc2)cc1. The van der Waals surface area contributed by atoms with Crippen LogP contribution in [0.3, 0.4) is 0 Å². The number of nitrogens with zero attached hydrogens (tertiary/aromatic N) is 3. The van der Waals surface area contributed by atoms with Crippen LogP contribution < -0.4 is 4.90 Å². The summed E-state index contributed by atoms with van der Waals surface area (Å²) in [5, 5.41) is 8.60. The van der Waals surface area contributed by atoms with E-state index in [0.29, 0.717) is 26.0 Å². The fraction of sp³-hybridized carbons (Fsp3) is 0.682. The molecule has 0 aliphatic rings. The van der Waals surface area contributed by atoms with Gasteiger partial charge in [0.1, 0.15) is 6.61 Å². The maximum atomic E-state index is 13.2. The summed E-state index contributed by atoms with van der Waals surface area (Å²) in [6.07, 6.45) is 22.0.